The summed E-state index contributed by atoms with van der Waals surface area (Å²) in [4.78, 5) is 24.5. The van der Waals surface area contributed by atoms with Crippen LogP contribution >= 0.6 is 23.2 Å². The minimum atomic E-state index is -4.03. The van der Waals surface area contributed by atoms with Crippen LogP contribution in [0, 0.1) is 6.92 Å². The molecule has 0 fully saturated rings. The fourth-order valence-electron chi connectivity index (χ4n) is 3.10. The molecule has 3 rings (SSSR count). The lowest BCUT2D eigenvalue weighted by Gasteiger charge is -2.23. The number of nitrogens with one attached hydrogen (secondary N) is 1. The van der Waals surface area contributed by atoms with Crippen LogP contribution in [-0.4, -0.2) is 31.0 Å². The third-order valence-electron chi connectivity index (χ3n) is 4.89. The molecule has 0 saturated heterocycles. The van der Waals surface area contributed by atoms with E-state index >= 15 is 0 Å². The number of ketones is 1. The normalized spacial score (nSPS) is 11.4. The average molecular weight is 505 g/mol. The van der Waals surface area contributed by atoms with Crippen molar-refractivity contribution in [2.75, 3.05) is 11.9 Å². The molecular weight excluding hydrogens is 483 g/mol. The van der Waals surface area contributed by atoms with Crippen LogP contribution in [0.2, 0.25) is 10.0 Å². The van der Waals surface area contributed by atoms with Crippen molar-refractivity contribution in [2.45, 2.75) is 25.3 Å². The van der Waals surface area contributed by atoms with E-state index in [0.29, 0.717) is 26.9 Å². The quantitative estimate of drug-likeness (QED) is 0.420. The molecule has 9 heteroatoms. The Balaban J connectivity index is 1.90. The Hall–Kier alpha value is -2.71. The second kappa shape index (κ2) is 10.5. The summed E-state index contributed by atoms with van der Waals surface area (Å²) >= 11 is 12.2. The van der Waals surface area contributed by atoms with Gasteiger partial charge in [-0.1, -0.05) is 59.1 Å². The number of sulfonamides is 1. The first-order valence-corrected chi connectivity index (χ1v) is 12.2. The standard InChI is InChI=1S/C24H22Cl2N2O4S/c1-16-6-10-22(11-7-16)33(31,32)28(14-19-8-9-20(25)13-23(19)26)15-24(30)27-21-5-3-4-18(12-21)17(2)29/h3-13H,14-15H2,1-2H3,(H,27,30). The van der Waals surface area contributed by atoms with E-state index in [2.05, 4.69) is 5.32 Å². The molecule has 3 aromatic rings. The Kier molecular flexibility index (Phi) is 7.92. The topological polar surface area (TPSA) is 83.6 Å². The first-order valence-electron chi connectivity index (χ1n) is 9.98. The summed E-state index contributed by atoms with van der Waals surface area (Å²) in [6, 6.07) is 17.5. The van der Waals surface area contributed by atoms with Gasteiger partial charge in [0.05, 0.1) is 11.4 Å². The van der Waals surface area contributed by atoms with E-state index in [0.717, 1.165) is 9.87 Å². The van der Waals surface area contributed by atoms with Crippen molar-refractivity contribution in [1.29, 1.82) is 0 Å². The maximum absolute atomic E-state index is 13.4. The van der Waals surface area contributed by atoms with Crippen LogP contribution in [0.5, 0.6) is 0 Å². The van der Waals surface area contributed by atoms with E-state index in [-0.39, 0.29) is 17.2 Å². The Morgan fingerprint density at radius 3 is 2.30 bits per heavy atom. The average Bonchev–Trinajstić information content (AvgIpc) is 2.75. The van der Waals surface area contributed by atoms with E-state index in [1.807, 2.05) is 6.92 Å². The van der Waals surface area contributed by atoms with Gasteiger partial charge in [0.25, 0.3) is 0 Å². The van der Waals surface area contributed by atoms with Gasteiger partial charge in [0, 0.05) is 27.8 Å². The molecule has 33 heavy (non-hydrogen) atoms. The van der Waals surface area contributed by atoms with Gasteiger partial charge in [-0.15, -0.1) is 0 Å². The zero-order chi connectivity index (χ0) is 24.2. The number of aryl methyl sites for hydroxylation is 1. The van der Waals surface area contributed by atoms with Crippen molar-refractivity contribution in [3.8, 4) is 0 Å². The molecule has 172 valence electrons. The molecule has 0 aliphatic rings. The predicted octanol–water partition coefficient (Wildman–Crippen LogP) is 5.33. The van der Waals surface area contributed by atoms with Crippen molar-refractivity contribution < 1.29 is 18.0 Å². The van der Waals surface area contributed by atoms with E-state index in [9.17, 15) is 18.0 Å². The molecule has 0 atom stereocenters. The third kappa shape index (κ3) is 6.42. The van der Waals surface area contributed by atoms with Gasteiger partial charge in [0.2, 0.25) is 15.9 Å². The molecule has 0 aromatic heterocycles. The summed E-state index contributed by atoms with van der Waals surface area (Å²) in [7, 11) is -4.03. The molecule has 1 amide bonds. The summed E-state index contributed by atoms with van der Waals surface area (Å²) < 4.78 is 27.8. The largest absolute Gasteiger partial charge is 0.325 e. The number of halogens is 2. The summed E-state index contributed by atoms with van der Waals surface area (Å²) in [6.07, 6.45) is 0. The number of Topliss-reactive ketones (excluding diaryl/α,β-unsaturated/α-hetero) is 1. The highest BCUT2D eigenvalue weighted by Gasteiger charge is 2.27. The highest BCUT2D eigenvalue weighted by atomic mass is 35.5. The monoisotopic (exact) mass is 504 g/mol. The number of hydrogen-bond acceptors (Lipinski definition) is 4. The molecule has 0 bridgehead atoms. The zero-order valence-corrected chi connectivity index (χ0v) is 20.3. The minimum Gasteiger partial charge on any atom is -0.325 e. The number of rotatable bonds is 8. The SMILES string of the molecule is CC(=O)c1cccc(NC(=O)CN(Cc2ccc(Cl)cc2Cl)S(=O)(=O)c2ccc(C)cc2)c1. The van der Waals surface area contributed by atoms with Crippen molar-refractivity contribution >= 4 is 50.6 Å². The first kappa shape index (κ1) is 24.9. The van der Waals surface area contributed by atoms with Gasteiger partial charge in [0.15, 0.2) is 5.78 Å². The second-order valence-corrected chi connectivity index (χ2v) is 10.3. The van der Waals surface area contributed by atoms with Crippen LogP contribution in [0.1, 0.15) is 28.4 Å². The van der Waals surface area contributed by atoms with Gasteiger partial charge in [-0.3, -0.25) is 9.59 Å². The number of amides is 1. The molecule has 0 radical (unpaired) electrons. The number of carbonyl (C=O) groups is 2. The minimum absolute atomic E-state index is 0.0598. The van der Waals surface area contributed by atoms with E-state index in [4.69, 9.17) is 23.2 Å². The van der Waals surface area contributed by atoms with E-state index in [1.54, 1.807) is 42.5 Å². The lowest BCUT2D eigenvalue weighted by Crippen LogP contribution is -2.37. The van der Waals surface area contributed by atoms with Crippen LogP contribution in [0.15, 0.2) is 71.6 Å². The maximum atomic E-state index is 13.4. The van der Waals surface area contributed by atoms with Crippen molar-refractivity contribution in [2.24, 2.45) is 0 Å². The maximum Gasteiger partial charge on any atom is 0.243 e. The van der Waals surface area contributed by atoms with Gasteiger partial charge >= 0.3 is 0 Å². The van der Waals surface area contributed by atoms with Gasteiger partial charge in [-0.05, 0) is 55.8 Å². The molecule has 0 spiro atoms. The van der Waals surface area contributed by atoms with Crippen LogP contribution in [0.3, 0.4) is 0 Å². The molecular formula is C24H22Cl2N2O4S. The highest BCUT2D eigenvalue weighted by molar-refractivity contribution is 7.89. The van der Waals surface area contributed by atoms with Crippen LogP contribution in [0.4, 0.5) is 5.69 Å². The van der Waals surface area contributed by atoms with E-state index in [1.165, 1.54) is 31.2 Å². The fourth-order valence-corrected chi connectivity index (χ4v) is 4.94. The van der Waals surface area contributed by atoms with Crippen molar-refractivity contribution in [1.82, 2.24) is 4.31 Å². The number of nitrogens with zero attached hydrogens (tertiary/aromatic N) is 1. The molecule has 6 nitrogen and oxygen atoms in total. The molecule has 3 aromatic carbocycles. The molecule has 0 unspecified atom stereocenters. The third-order valence-corrected chi connectivity index (χ3v) is 7.29. The molecule has 1 N–H and O–H groups in total. The number of carbonyl (C=O) groups excluding carboxylic acids is 2. The Morgan fingerprint density at radius 1 is 0.970 bits per heavy atom. The number of anilines is 1. The molecule has 0 aliphatic carbocycles. The van der Waals surface area contributed by atoms with E-state index < -0.39 is 22.5 Å². The lowest BCUT2D eigenvalue weighted by atomic mass is 10.1. The summed E-state index contributed by atoms with van der Waals surface area (Å²) in [5, 5.41) is 3.37. The Labute approximate surface area is 203 Å². The number of benzene rings is 3. The smallest absolute Gasteiger partial charge is 0.243 e. The highest BCUT2D eigenvalue weighted by Crippen LogP contribution is 2.25. The van der Waals surface area contributed by atoms with Crippen molar-refractivity contribution in [3.63, 3.8) is 0 Å². The number of hydrogen-bond donors (Lipinski definition) is 1. The van der Waals surface area contributed by atoms with Crippen LogP contribution < -0.4 is 5.32 Å². The summed E-state index contributed by atoms with van der Waals surface area (Å²) in [5.41, 5.74) is 2.24. The zero-order valence-electron chi connectivity index (χ0n) is 18.0. The Bertz CT molecular complexity index is 1290. The predicted molar refractivity (Wildman–Crippen MR) is 130 cm³/mol. The van der Waals surface area contributed by atoms with Gasteiger partial charge < -0.3 is 5.32 Å². The van der Waals surface area contributed by atoms with Gasteiger partial charge in [-0.2, -0.15) is 4.31 Å². The molecule has 0 saturated carbocycles. The molecule has 0 aliphatic heterocycles. The Morgan fingerprint density at radius 2 is 1.67 bits per heavy atom. The second-order valence-electron chi connectivity index (χ2n) is 7.51. The summed E-state index contributed by atoms with van der Waals surface area (Å²) in [5.74, 6) is -0.705. The first-order chi connectivity index (χ1) is 15.6. The van der Waals surface area contributed by atoms with Crippen LogP contribution in [-0.2, 0) is 21.4 Å². The van der Waals surface area contributed by atoms with Gasteiger partial charge in [-0.25, -0.2) is 8.42 Å². The molecule has 0 heterocycles. The van der Waals surface area contributed by atoms with Crippen LogP contribution in [0.25, 0.3) is 0 Å². The van der Waals surface area contributed by atoms with Crippen molar-refractivity contribution in [3.05, 3.63) is 93.5 Å². The summed E-state index contributed by atoms with van der Waals surface area (Å²) in [6.45, 7) is 2.68. The van der Waals surface area contributed by atoms with Gasteiger partial charge in [0.1, 0.15) is 0 Å². The fraction of sp³-hybridized carbons (Fsp3) is 0.167. The lowest BCUT2D eigenvalue weighted by molar-refractivity contribution is -0.116.